The first-order chi connectivity index (χ1) is 10.3. The number of nitrogens with one attached hydrogen (secondary N) is 1. The number of carbonyl (C=O) groups is 1. The van der Waals surface area contributed by atoms with Crippen LogP contribution in [0, 0.1) is 0 Å². The van der Waals surface area contributed by atoms with Gasteiger partial charge in [-0.3, -0.25) is 0 Å². The maximum Gasteiger partial charge on any atom is 0.322 e. The van der Waals surface area contributed by atoms with Crippen molar-refractivity contribution in [3.05, 3.63) is 48.8 Å². The van der Waals surface area contributed by atoms with E-state index in [2.05, 4.69) is 5.32 Å². The fourth-order valence-electron chi connectivity index (χ4n) is 2.74. The Kier molecular flexibility index (Phi) is 3.92. The number of urea groups is 1. The van der Waals surface area contributed by atoms with Gasteiger partial charge in [0.2, 0.25) is 0 Å². The molecule has 0 saturated carbocycles. The largest absolute Gasteiger partial charge is 0.394 e. The lowest BCUT2D eigenvalue weighted by Gasteiger charge is -2.23. The standard InChI is InChI=1S/C16H19N3O2/c20-12-15-7-4-10-19(15)16(21)17-13-5-3-6-14(11-13)18-8-1-2-9-18/h1-3,5-6,8-9,11,15,20H,4,7,10,12H2,(H,17,21)/t15-/m0/s1. The zero-order chi connectivity index (χ0) is 14.7. The first-order valence-electron chi connectivity index (χ1n) is 7.20. The third-order valence-corrected chi connectivity index (χ3v) is 3.85. The van der Waals surface area contributed by atoms with Gasteiger partial charge in [-0.1, -0.05) is 6.07 Å². The SMILES string of the molecule is O=C(Nc1cccc(-n2cccc2)c1)N1CCC[C@H]1CO. The molecule has 1 saturated heterocycles. The maximum atomic E-state index is 12.3. The number of likely N-dealkylation sites (tertiary alicyclic amines) is 1. The van der Waals surface area contributed by atoms with E-state index in [0.29, 0.717) is 6.54 Å². The smallest absolute Gasteiger partial charge is 0.322 e. The summed E-state index contributed by atoms with van der Waals surface area (Å²) in [6.45, 7) is 0.727. The van der Waals surface area contributed by atoms with Crippen LogP contribution in [0.15, 0.2) is 48.8 Å². The highest BCUT2D eigenvalue weighted by molar-refractivity contribution is 5.90. The number of anilines is 1. The van der Waals surface area contributed by atoms with Crippen LogP contribution in [0.1, 0.15) is 12.8 Å². The molecule has 5 heteroatoms. The van der Waals surface area contributed by atoms with Crippen LogP contribution in [0.2, 0.25) is 0 Å². The molecule has 2 aromatic rings. The molecule has 0 unspecified atom stereocenters. The van der Waals surface area contributed by atoms with Crippen molar-refractivity contribution in [1.82, 2.24) is 9.47 Å². The van der Waals surface area contributed by atoms with Crippen LogP contribution < -0.4 is 5.32 Å². The molecule has 21 heavy (non-hydrogen) atoms. The summed E-state index contributed by atoms with van der Waals surface area (Å²) in [6.07, 6.45) is 5.74. The highest BCUT2D eigenvalue weighted by Crippen LogP contribution is 2.20. The van der Waals surface area contributed by atoms with Gasteiger partial charge in [-0.05, 0) is 43.2 Å². The molecule has 1 aromatic heterocycles. The fourth-order valence-corrected chi connectivity index (χ4v) is 2.74. The van der Waals surface area contributed by atoms with Crippen molar-refractivity contribution in [1.29, 1.82) is 0 Å². The summed E-state index contributed by atoms with van der Waals surface area (Å²) < 4.78 is 1.99. The van der Waals surface area contributed by atoms with Crippen molar-refractivity contribution in [2.75, 3.05) is 18.5 Å². The third-order valence-electron chi connectivity index (χ3n) is 3.85. The Morgan fingerprint density at radius 1 is 1.29 bits per heavy atom. The molecule has 1 fully saturated rings. The van der Waals surface area contributed by atoms with Crippen LogP contribution in [-0.4, -0.2) is 39.8 Å². The monoisotopic (exact) mass is 285 g/mol. The Labute approximate surface area is 123 Å². The van der Waals surface area contributed by atoms with E-state index in [9.17, 15) is 9.90 Å². The number of nitrogens with zero attached hydrogens (tertiary/aromatic N) is 2. The van der Waals surface area contributed by atoms with Crippen molar-refractivity contribution in [3.8, 4) is 5.69 Å². The summed E-state index contributed by atoms with van der Waals surface area (Å²) in [6, 6.07) is 11.4. The Morgan fingerprint density at radius 3 is 2.86 bits per heavy atom. The summed E-state index contributed by atoms with van der Waals surface area (Å²) in [5, 5.41) is 12.2. The van der Waals surface area contributed by atoms with Crippen LogP contribution in [0.3, 0.4) is 0 Å². The summed E-state index contributed by atoms with van der Waals surface area (Å²) >= 11 is 0. The van der Waals surface area contributed by atoms with Crippen LogP contribution in [-0.2, 0) is 0 Å². The quantitative estimate of drug-likeness (QED) is 0.910. The first-order valence-corrected chi connectivity index (χ1v) is 7.20. The van der Waals surface area contributed by atoms with E-state index in [1.807, 2.05) is 53.4 Å². The molecular formula is C16H19N3O2. The Balaban J connectivity index is 1.73. The van der Waals surface area contributed by atoms with Crippen molar-refractivity contribution in [2.45, 2.75) is 18.9 Å². The van der Waals surface area contributed by atoms with E-state index in [1.165, 1.54) is 0 Å². The van der Waals surface area contributed by atoms with Crippen molar-refractivity contribution in [3.63, 3.8) is 0 Å². The molecule has 1 aromatic carbocycles. The molecule has 2 N–H and O–H groups in total. The van der Waals surface area contributed by atoms with Gasteiger partial charge in [-0.25, -0.2) is 4.79 Å². The molecule has 0 aliphatic carbocycles. The summed E-state index contributed by atoms with van der Waals surface area (Å²) in [5.41, 5.74) is 1.76. The highest BCUT2D eigenvalue weighted by Gasteiger charge is 2.27. The molecule has 110 valence electrons. The second-order valence-corrected chi connectivity index (χ2v) is 5.24. The minimum atomic E-state index is -0.142. The first kappa shape index (κ1) is 13.7. The normalized spacial score (nSPS) is 18.0. The van der Waals surface area contributed by atoms with Gasteiger partial charge >= 0.3 is 6.03 Å². The lowest BCUT2D eigenvalue weighted by Crippen LogP contribution is -2.40. The van der Waals surface area contributed by atoms with Crippen LogP contribution in [0.25, 0.3) is 5.69 Å². The Bertz CT molecular complexity index is 610. The molecule has 2 heterocycles. The van der Waals surface area contributed by atoms with Crippen LogP contribution >= 0.6 is 0 Å². The molecular weight excluding hydrogens is 266 g/mol. The lowest BCUT2D eigenvalue weighted by molar-refractivity contribution is 0.166. The number of amides is 2. The van der Waals surface area contributed by atoms with Crippen molar-refractivity contribution < 1.29 is 9.90 Å². The van der Waals surface area contributed by atoms with E-state index in [1.54, 1.807) is 4.90 Å². The zero-order valence-electron chi connectivity index (χ0n) is 11.8. The molecule has 3 rings (SSSR count). The van der Waals surface area contributed by atoms with E-state index in [-0.39, 0.29) is 18.7 Å². The molecule has 0 bridgehead atoms. The number of hydrogen-bond acceptors (Lipinski definition) is 2. The van der Waals surface area contributed by atoms with E-state index >= 15 is 0 Å². The van der Waals surface area contributed by atoms with Gasteiger partial charge in [0.15, 0.2) is 0 Å². The van der Waals surface area contributed by atoms with Gasteiger partial charge in [0.25, 0.3) is 0 Å². The molecule has 5 nitrogen and oxygen atoms in total. The lowest BCUT2D eigenvalue weighted by atomic mass is 10.2. The summed E-state index contributed by atoms with van der Waals surface area (Å²) in [7, 11) is 0. The fraction of sp³-hybridized carbons (Fsp3) is 0.312. The van der Waals surface area contributed by atoms with Gasteiger partial charge in [-0.15, -0.1) is 0 Å². The van der Waals surface area contributed by atoms with Gasteiger partial charge in [0, 0.05) is 30.3 Å². The molecule has 0 radical (unpaired) electrons. The molecule has 1 aliphatic heterocycles. The number of aromatic nitrogens is 1. The van der Waals surface area contributed by atoms with Gasteiger partial charge in [0.05, 0.1) is 12.6 Å². The maximum absolute atomic E-state index is 12.3. The predicted octanol–water partition coefficient (Wildman–Crippen LogP) is 2.47. The second-order valence-electron chi connectivity index (χ2n) is 5.24. The van der Waals surface area contributed by atoms with E-state index < -0.39 is 0 Å². The summed E-state index contributed by atoms with van der Waals surface area (Å²) in [5.74, 6) is 0. The minimum Gasteiger partial charge on any atom is -0.394 e. The number of rotatable bonds is 3. The number of benzene rings is 1. The summed E-state index contributed by atoms with van der Waals surface area (Å²) in [4.78, 5) is 14.0. The Morgan fingerprint density at radius 2 is 2.10 bits per heavy atom. The van der Waals surface area contributed by atoms with Crippen molar-refractivity contribution in [2.24, 2.45) is 0 Å². The van der Waals surface area contributed by atoms with Gasteiger partial charge in [0.1, 0.15) is 0 Å². The second kappa shape index (κ2) is 6.01. The van der Waals surface area contributed by atoms with Crippen LogP contribution in [0.5, 0.6) is 0 Å². The third kappa shape index (κ3) is 2.92. The zero-order valence-corrected chi connectivity index (χ0v) is 11.8. The van der Waals surface area contributed by atoms with Gasteiger partial charge < -0.3 is 19.9 Å². The highest BCUT2D eigenvalue weighted by atomic mass is 16.3. The number of aliphatic hydroxyl groups is 1. The molecule has 1 aliphatic rings. The van der Waals surface area contributed by atoms with E-state index in [0.717, 1.165) is 24.2 Å². The van der Waals surface area contributed by atoms with Gasteiger partial charge in [-0.2, -0.15) is 0 Å². The topological polar surface area (TPSA) is 57.5 Å². The Hall–Kier alpha value is -2.27. The molecule has 2 amide bonds. The number of aliphatic hydroxyl groups excluding tert-OH is 1. The minimum absolute atomic E-state index is 0.0246. The number of hydrogen-bond donors (Lipinski definition) is 2. The van der Waals surface area contributed by atoms with Crippen LogP contribution in [0.4, 0.5) is 10.5 Å². The molecule has 0 spiro atoms. The molecule has 1 atom stereocenters. The van der Waals surface area contributed by atoms with E-state index in [4.69, 9.17) is 0 Å². The van der Waals surface area contributed by atoms with Crippen molar-refractivity contribution >= 4 is 11.7 Å². The number of carbonyl (C=O) groups excluding carboxylic acids is 1. The average molecular weight is 285 g/mol. The average Bonchev–Trinajstić information content (AvgIpc) is 3.18. The predicted molar refractivity (Wildman–Crippen MR) is 81.6 cm³/mol.